The molecule has 1 amide bonds. The zero-order chi connectivity index (χ0) is 13.8. The lowest BCUT2D eigenvalue weighted by molar-refractivity contribution is -0.140. The van der Waals surface area contributed by atoms with E-state index in [0.717, 1.165) is 10.9 Å². The van der Waals surface area contributed by atoms with Crippen LogP contribution in [0.15, 0.2) is 28.7 Å². The van der Waals surface area contributed by atoms with Crippen LogP contribution in [0.2, 0.25) is 0 Å². The molecule has 1 aliphatic rings. The SMILES string of the molecule is COC(=O)CCNC(=O)[C@H]1C[C@@H]1c1ccc(Br)cc1. The van der Waals surface area contributed by atoms with E-state index in [1.54, 1.807) is 0 Å². The quantitative estimate of drug-likeness (QED) is 0.844. The Morgan fingerprint density at radius 1 is 1.37 bits per heavy atom. The van der Waals surface area contributed by atoms with Crippen LogP contribution in [0.5, 0.6) is 0 Å². The van der Waals surface area contributed by atoms with Crippen LogP contribution in [0.1, 0.15) is 24.3 Å². The van der Waals surface area contributed by atoms with Crippen LogP contribution < -0.4 is 5.32 Å². The number of nitrogens with one attached hydrogen (secondary N) is 1. The first-order valence-corrected chi connectivity index (χ1v) is 7.01. The number of hydrogen-bond acceptors (Lipinski definition) is 3. The number of amides is 1. The topological polar surface area (TPSA) is 55.4 Å². The Labute approximate surface area is 120 Å². The average molecular weight is 326 g/mol. The van der Waals surface area contributed by atoms with Crippen molar-refractivity contribution in [1.82, 2.24) is 5.32 Å². The fourth-order valence-electron chi connectivity index (χ4n) is 2.08. The maximum Gasteiger partial charge on any atom is 0.307 e. The van der Waals surface area contributed by atoms with Gasteiger partial charge in [0.1, 0.15) is 0 Å². The summed E-state index contributed by atoms with van der Waals surface area (Å²) in [6, 6.07) is 8.05. The number of ether oxygens (including phenoxy) is 1. The summed E-state index contributed by atoms with van der Waals surface area (Å²) in [6.45, 7) is 0.342. The molecule has 2 atom stereocenters. The first kappa shape index (κ1) is 14.1. The minimum absolute atomic E-state index is 0.0248. The fourth-order valence-corrected chi connectivity index (χ4v) is 2.35. The van der Waals surface area contributed by atoms with Crippen molar-refractivity contribution in [3.05, 3.63) is 34.3 Å². The molecule has 5 heteroatoms. The van der Waals surface area contributed by atoms with E-state index in [0.29, 0.717) is 12.5 Å². The van der Waals surface area contributed by atoms with Gasteiger partial charge >= 0.3 is 5.97 Å². The van der Waals surface area contributed by atoms with Gasteiger partial charge in [-0.25, -0.2) is 0 Å². The highest BCUT2D eigenvalue weighted by Gasteiger charge is 2.43. The summed E-state index contributed by atoms with van der Waals surface area (Å²) in [5.41, 5.74) is 1.19. The normalized spacial score (nSPS) is 20.7. The molecule has 1 fully saturated rings. The fraction of sp³-hybridized carbons (Fsp3) is 0.429. The van der Waals surface area contributed by atoms with Crippen molar-refractivity contribution >= 4 is 27.8 Å². The lowest BCUT2D eigenvalue weighted by Gasteiger charge is -2.04. The summed E-state index contributed by atoms with van der Waals surface area (Å²) in [6.07, 6.45) is 1.10. The Kier molecular flexibility index (Phi) is 4.58. The third kappa shape index (κ3) is 3.80. The van der Waals surface area contributed by atoms with E-state index in [4.69, 9.17) is 0 Å². The lowest BCUT2D eigenvalue weighted by Crippen LogP contribution is -2.28. The number of halogens is 1. The Morgan fingerprint density at radius 2 is 2.05 bits per heavy atom. The highest BCUT2D eigenvalue weighted by molar-refractivity contribution is 9.10. The van der Waals surface area contributed by atoms with Gasteiger partial charge in [0.05, 0.1) is 13.5 Å². The van der Waals surface area contributed by atoms with E-state index in [2.05, 4.69) is 26.0 Å². The highest BCUT2D eigenvalue weighted by atomic mass is 79.9. The number of carbonyl (C=O) groups excluding carboxylic acids is 2. The van der Waals surface area contributed by atoms with Crippen molar-refractivity contribution in [2.45, 2.75) is 18.8 Å². The zero-order valence-corrected chi connectivity index (χ0v) is 12.3. The summed E-state index contributed by atoms with van der Waals surface area (Å²) in [4.78, 5) is 22.8. The maximum absolute atomic E-state index is 11.9. The zero-order valence-electron chi connectivity index (χ0n) is 10.7. The van der Waals surface area contributed by atoms with Gasteiger partial charge in [0.15, 0.2) is 0 Å². The number of benzene rings is 1. The van der Waals surface area contributed by atoms with Crippen LogP contribution in [0.25, 0.3) is 0 Å². The monoisotopic (exact) mass is 325 g/mol. The largest absolute Gasteiger partial charge is 0.469 e. The maximum atomic E-state index is 11.9. The molecule has 1 aliphatic carbocycles. The van der Waals surface area contributed by atoms with E-state index in [-0.39, 0.29) is 24.2 Å². The van der Waals surface area contributed by atoms with Crippen LogP contribution in [0.4, 0.5) is 0 Å². The standard InChI is InChI=1S/C14H16BrNO3/c1-19-13(17)6-7-16-14(18)12-8-11(12)9-2-4-10(15)5-3-9/h2-5,11-12H,6-8H2,1H3,(H,16,18)/t11-,12+/m1/s1. The van der Waals surface area contributed by atoms with E-state index in [1.807, 2.05) is 24.3 Å². The van der Waals surface area contributed by atoms with Crippen molar-refractivity contribution in [1.29, 1.82) is 0 Å². The van der Waals surface area contributed by atoms with Crippen molar-refractivity contribution in [3.63, 3.8) is 0 Å². The minimum Gasteiger partial charge on any atom is -0.469 e. The Morgan fingerprint density at radius 3 is 2.68 bits per heavy atom. The number of carbonyl (C=O) groups is 2. The number of hydrogen-bond donors (Lipinski definition) is 1. The second kappa shape index (κ2) is 6.19. The third-order valence-electron chi connectivity index (χ3n) is 3.28. The molecule has 0 spiro atoms. The molecule has 0 saturated heterocycles. The molecule has 1 aromatic rings. The second-order valence-corrected chi connectivity index (χ2v) is 5.53. The second-order valence-electron chi connectivity index (χ2n) is 4.62. The van der Waals surface area contributed by atoms with Crippen molar-refractivity contribution in [2.75, 3.05) is 13.7 Å². The smallest absolute Gasteiger partial charge is 0.307 e. The number of methoxy groups -OCH3 is 1. The molecular weight excluding hydrogens is 310 g/mol. The van der Waals surface area contributed by atoms with Gasteiger partial charge in [0.2, 0.25) is 5.91 Å². The summed E-state index contributed by atoms with van der Waals surface area (Å²) < 4.78 is 5.55. The van der Waals surface area contributed by atoms with Crippen LogP contribution >= 0.6 is 15.9 Å². The Hall–Kier alpha value is -1.36. The van der Waals surface area contributed by atoms with Gasteiger partial charge in [-0.2, -0.15) is 0 Å². The van der Waals surface area contributed by atoms with Gasteiger partial charge < -0.3 is 10.1 Å². The van der Waals surface area contributed by atoms with Crippen LogP contribution in [-0.2, 0) is 14.3 Å². The number of esters is 1. The van der Waals surface area contributed by atoms with Gasteiger partial charge in [-0.3, -0.25) is 9.59 Å². The van der Waals surface area contributed by atoms with Gasteiger partial charge in [-0.1, -0.05) is 28.1 Å². The lowest BCUT2D eigenvalue weighted by atomic mass is 10.1. The highest BCUT2D eigenvalue weighted by Crippen LogP contribution is 2.47. The molecule has 0 bridgehead atoms. The van der Waals surface area contributed by atoms with Crippen LogP contribution in [0, 0.1) is 5.92 Å². The van der Waals surface area contributed by atoms with Gasteiger partial charge in [-0.15, -0.1) is 0 Å². The van der Waals surface area contributed by atoms with Crippen molar-refractivity contribution in [2.24, 2.45) is 5.92 Å². The predicted molar refractivity (Wildman–Crippen MR) is 74.6 cm³/mol. The van der Waals surface area contributed by atoms with Gasteiger partial charge in [0.25, 0.3) is 0 Å². The molecule has 0 aliphatic heterocycles. The third-order valence-corrected chi connectivity index (χ3v) is 3.81. The molecule has 102 valence electrons. The molecule has 4 nitrogen and oxygen atoms in total. The van der Waals surface area contributed by atoms with Gasteiger partial charge in [0, 0.05) is 16.9 Å². The van der Waals surface area contributed by atoms with E-state index >= 15 is 0 Å². The van der Waals surface area contributed by atoms with E-state index < -0.39 is 0 Å². The van der Waals surface area contributed by atoms with E-state index in [9.17, 15) is 9.59 Å². The summed E-state index contributed by atoms with van der Waals surface area (Å²) in [7, 11) is 1.34. The molecule has 0 aromatic heterocycles. The van der Waals surface area contributed by atoms with E-state index in [1.165, 1.54) is 12.7 Å². The Bertz CT molecular complexity index is 472. The van der Waals surface area contributed by atoms with Crippen molar-refractivity contribution in [3.8, 4) is 0 Å². The molecule has 0 radical (unpaired) electrons. The summed E-state index contributed by atoms with van der Waals surface area (Å²) in [5, 5.41) is 2.77. The number of rotatable bonds is 5. The molecule has 1 N–H and O–H groups in total. The molecule has 19 heavy (non-hydrogen) atoms. The predicted octanol–water partition coefficient (Wildman–Crippen LogP) is 2.23. The summed E-state index contributed by atoms with van der Waals surface area (Å²) >= 11 is 3.39. The molecule has 0 heterocycles. The van der Waals surface area contributed by atoms with Crippen molar-refractivity contribution < 1.29 is 14.3 Å². The van der Waals surface area contributed by atoms with Crippen LogP contribution in [0.3, 0.4) is 0 Å². The molecular formula is C14H16BrNO3. The first-order chi connectivity index (χ1) is 9.11. The molecule has 2 rings (SSSR count). The summed E-state index contributed by atoms with van der Waals surface area (Å²) in [5.74, 6) is 0.0717. The first-order valence-electron chi connectivity index (χ1n) is 6.22. The molecule has 0 unspecified atom stereocenters. The van der Waals surface area contributed by atoms with Crippen LogP contribution in [-0.4, -0.2) is 25.5 Å². The average Bonchev–Trinajstić information content (AvgIpc) is 3.19. The minimum atomic E-state index is -0.305. The Balaban J connectivity index is 1.77. The van der Waals surface area contributed by atoms with Gasteiger partial charge in [-0.05, 0) is 30.0 Å². The molecule has 1 aromatic carbocycles. The molecule has 1 saturated carbocycles.